The number of fused-ring (bicyclic) bond motifs is 2. The van der Waals surface area contributed by atoms with Gasteiger partial charge in [-0.05, 0) is 50.2 Å². The molecule has 0 aromatic heterocycles. The first kappa shape index (κ1) is 40.2. The summed E-state index contributed by atoms with van der Waals surface area (Å²) < 4.78 is 72.9. The SMILES string of the molecule is CC.CC.CC.CC1=NS(=O)(=O)c2ccccc2N1.CC1=Nc2ccccc2S(=O)(=O)N1C.Nc1ccccc1S(N)(=O)=O. The lowest BCUT2D eigenvalue weighted by Gasteiger charge is -2.24. The van der Waals surface area contributed by atoms with Gasteiger partial charge in [0.2, 0.25) is 10.0 Å². The topological polar surface area (TPSA) is 194 Å². The van der Waals surface area contributed by atoms with E-state index in [1.54, 1.807) is 68.4 Å². The van der Waals surface area contributed by atoms with Gasteiger partial charge < -0.3 is 11.1 Å². The highest BCUT2D eigenvalue weighted by molar-refractivity contribution is 7.90. The largest absolute Gasteiger partial charge is 0.398 e. The number of rotatable bonds is 1. The minimum absolute atomic E-state index is 0.0278. The van der Waals surface area contributed by atoms with Crippen LogP contribution in [0.1, 0.15) is 55.4 Å². The van der Waals surface area contributed by atoms with Crippen molar-refractivity contribution in [1.82, 2.24) is 4.31 Å². The Labute approximate surface area is 263 Å². The van der Waals surface area contributed by atoms with Crippen LogP contribution in [0.15, 0.2) is 96.9 Å². The van der Waals surface area contributed by atoms with Crippen molar-refractivity contribution in [3.8, 4) is 0 Å². The Hall–Kier alpha value is -3.79. The average molecular weight is 669 g/mol. The molecule has 0 bridgehead atoms. The normalized spacial score (nSPS) is 14.6. The molecule has 3 aromatic rings. The van der Waals surface area contributed by atoms with Crippen molar-refractivity contribution in [2.24, 2.45) is 14.5 Å². The molecular formula is C29H44N6O6S3. The maximum absolute atomic E-state index is 11.9. The van der Waals surface area contributed by atoms with Crippen LogP contribution in [0.3, 0.4) is 0 Å². The predicted molar refractivity (Wildman–Crippen MR) is 181 cm³/mol. The quantitative estimate of drug-likeness (QED) is 0.279. The predicted octanol–water partition coefficient (Wildman–Crippen LogP) is 5.58. The number of hydrogen-bond donors (Lipinski definition) is 3. The van der Waals surface area contributed by atoms with E-state index in [9.17, 15) is 25.3 Å². The van der Waals surface area contributed by atoms with Crippen LogP contribution in [-0.4, -0.2) is 48.3 Å². The molecule has 0 aliphatic carbocycles. The second-order valence-corrected chi connectivity index (χ2v) is 13.0. The molecule has 244 valence electrons. The van der Waals surface area contributed by atoms with Gasteiger partial charge >= 0.3 is 0 Å². The summed E-state index contributed by atoms with van der Waals surface area (Å²) in [6.07, 6.45) is 0. The Morgan fingerprint density at radius 3 is 1.75 bits per heavy atom. The number of primary sulfonamides is 1. The fourth-order valence-corrected chi connectivity index (χ4v) is 6.44. The van der Waals surface area contributed by atoms with E-state index >= 15 is 0 Å². The number of nitrogens with zero attached hydrogens (tertiary/aromatic N) is 3. The van der Waals surface area contributed by atoms with Crippen LogP contribution in [-0.2, 0) is 30.1 Å². The highest BCUT2D eigenvalue weighted by Gasteiger charge is 2.28. The molecule has 0 saturated heterocycles. The van der Waals surface area contributed by atoms with Gasteiger partial charge in [0, 0.05) is 7.05 Å². The maximum atomic E-state index is 11.9. The molecule has 44 heavy (non-hydrogen) atoms. The van der Waals surface area contributed by atoms with Crippen molar-refractivity contribution in [2.75, 3.05) is 18.1 Å². The molecule has 0 spiro atoms. The van der Waals surface area contributed by atoms with Gasteiger partial charge in [-0.25, -0.2) is 27.0 Å². The summed E-state index contributed by atoms with van der Waals surface area (Å²) >= 11 is 0. The van der Waals surface area contributed by atoms with Crippen molar-refractivity contribution in [2.45, 2.75) is 70.1 Å². The molecule has 5 N–H and O–H groups in total. The first-order chi connectivity index (χ1) is 20.6. The zero-order valence-corrected chi connectivity index (χ0v) is 29.0. The zero-order chi connectivity index (χ0) is 34.3. The molecule has 0 amide bonds. The van der Waals surface area contributed by atoms with E-state index in [1.807, 2.05) is 41.5 Å². The molecule has 0 radical (unpaired) electrons. The third kappa shape index (κ3) is 10.7. The molecule has 15 heteroatoms. The Balaban J connectivity index is 0.000000583. The van der Waals surface area contributed by atoms with Gasteiger partial charge in [0.25, 0.3) is 20.0 Å². The number of nitrogens with two attached hydrogens (primary N) is 2. The van der Waals surface area contributed by atoms with E-state index in [-0.39, 0.29) is 20.4 Å². The Morgan fingerprint density at radius 2 is 1.23 bits per heavy atom. The van der Waals surface area contributed by atoms with E-state index in [0.717, 1.165) is 0 Å². The van der Waals surface area contributed by atoms with Crippen LogP contribution in [0.5, 0.6) is 0 Å². The summed E-state index contributed by atoms with van der Waals surface area (Å²) in [7, 11) is -8.99. The average Bonchev–Trinajstić information content (AvgIpc) is 2.99. The number of benzene rings is 3. The van der Waals surface area contributed by atoms with Gasteiger partial charge in [-0.3, -0.25) is 4.31 Å². The van der Waals surface area contributed by atoms with Crippen LogP contribution < -0.4 is 16.2 Å². The third-order valence-electron chi connectivity index (χ3n) is 5.20. The summed E-state index contributed by atoms with van der Waals surface area (Å²) in [4.78, 5) is 4.67. The van der Waals surface area contributed by atoms with Crippen LogP contribution in [0, 0.1) is 0 Å². The second kappa shape index (κ2) is 18.1. The highest BCUT2D eigenvalue weighted by atomic mass is 32.2. The van der Waals surface area contributed by atoms with Gasteiger partial charge in [-0.1, -0.05) is 77.9 Å². The third-order valence-corrected chi connectivity index (χ3v) is 9.50. The molecule has 0 unspecified atom stereocenters. The van der Waals surface area contributed by atoms with E-state index in [2.05, 4.69) is 14.7 Å². The number of sulfonamides is 3. The summed E-state index contributed by atoms with van der Waals surface area (Å²) in [6.45, 7) is 15.3. The Morgan fingerprint density at radius 1 is 0.750 bits per heavy atom. The molecule has 5 rings (SSSR count). The number of nitrogen functional groups attached to an aromatic ring is 1. The number of anilines is 2. The molecule has 0 saturated carbocycles. The standard InChI is InChI=1S/C9H10N2O2S.C8H8N2O2S.C6H8N2O2S.3C2H6/c1-7-10-8-5-3-4-6-9(8)14(12,13)11(7)2;1-6-9-7-4-2-3-5-8(7)13(11,12)10-6;7-5-3-1-2-4-6(5)11(8,9)10;3*1-2/h3-6H,1-2H3;2-5H,1H3,(H,9,10);1-4H,7H2,(H2,8,9,10);3*1-2H3. The summed E-state index contributed by atoms with van der Waals surface area (Å²) in [6, 6.07) is 19.5. The van der Waals surface area contributed by atoms with Crippen LogP contribution >= 0.6 is 0 Å². The van der Waals surface area contributed by atoms with Gasteiger partial charge in [-0.15, -0.1) is 4.40 Å². The number of hydrogen-bond acceptors (Lipinski definition) is 9. The van der Waals surface area contributed by atoms with Crippen molar-refractivity contribution in [3.05, 3.63) is 72.8 Å². The fraction of sp³-hybridized carbons (Fsp3) is 0.310. The second-order valence-electron chi connectivity index (χ2n) is 7.96. The van der Waals surface area contributed by atoms with Gasteiger partial charge in [0.1, 0.15) is 26.4 Å². The molecule has 0 fully saturated rings. The van der Waals surface area contributed by atoms with Crippen LogP contribution in [0.25, 0.3) is 0 Å². The van der Waals surface area contributed by atoms with E-state index in [1.165, 1.54) is 29.6 Å². The van der Waals surface area contributed by atoms with Crippen LogP contribution in [0.2, 0.25) is 0 Å². The zero-order valence-electron chi connectivity index (χ0n) is 26.6. The summed E-state index contributed by atoms with van der Waals surface area (Å²) in [5.74, 6) is 0.891. The molecule has 2 heterocycles. The van der Waals surface area contributed by atoms with Crippen molar-refractivity contribution in [1.29, 1.82) is 0 Å². The smallest absolute Gasteiger partial charge is 0.286 e. The Kier molecular flexibility index (Phi) is 16.6. The lowest BCUT2D eigenvalue weighted by Crippen LogP contribution is -2.33. The van der Waals surface area contributed by atoms with Gasteiger partial charge in [-0.2, -0.15) is 8.42 Å². The molecule has 3 aromatic carbocycles. The number of amidine groups is 2. The van der Waals surface area contributed by atoms with E-state index < -0.39 is 30.1 Å². The number of nitrogens with one attached hydrogen (secondary N) is 1. The monoisotopic (exact) mass is 668 g/mol. The lowest BCUT2D eigenvalue weighted by molar-refractivity contribution is 0.549. The molecule has 2 aliphatic heterocycles. The van der Waals surface area contributed by atoms with Crippen molar-refractivity contribution < 1.29 is 25.3 Å². The molecule has 0 atom stereocenters. The van der Waals surface area contributed by atoms with E-state index in [4.69, 9.17) is 10.9 Å². The lowest BCUT2D eigenvalue weighted by atomic mass is 10.3. The molecular weight excluding hydrogens is 625 g/mol. The van der Waals surface area contributed by atoms with Gasteiger partial charge in [0.05, 0.1) is 17.1 Å². The number of aliphatic imine (C=N–C) groups is 1. The first-order valence-electron chi connectivity index (χ1n) is 13.8. The minimum atomic E-state index is -3.66. The van der Waals surface area contributed by atoms with Crippen molar-refractivity contribution in [3.63, 3.8) is 0 Å². The maximum Gasteiger partial charge on any atom is 0.286 e. The fourth-order valence-electron chi connectivity index (χ4n) is 3.32. The molecule has 2 aliphatic rings. The molecule has 12 nitrogen and oxygen atoms in total. The highest BCUT2D eigenvalue weighted by Crippen LogP contribution is 2.30. The van der Waals surface area contributed by atoms with E-state index in [0.29, 0.717) is 23.0 Å². The van der Waals surface area contributed by atoms with Crippen molar-refractivity contribution >= 4 is 58.8 Å². The summed E-state index contributed by atoms with van der Waals surface area (Å²) in [5, 5.41) is 7.74. The number of para-hydroxylation sites is 3. The summed E-state index contributed by atoms with van der Waals surface area (Å²) in [5.41, 5.74) is 6.63. The van der Waals surface area contributed by atoms with Gasteiger partial charge in [0.15, 0.2) is 0 Å². The van der Waals surface area contributed by atoms with Crippen LogP contribution in [0.4, 0.5) is 17.1 Å². The Bertz CT molecular complexity index is 1760. The minimum Gasteiger partial charge on any atom is -0.398 e. The first-order valence-corrected chi connectivity index (χ1v) is 18.3.